The minimum atomic E-state index is -1.24. The summed E-state index contributed by atoms with van der Waals surface area (Å²) in [4.78, 5) is 0. The molecule has 1 nitrogen and oxygen atoms in total. The van der Waals surface area contributed by atoms with E-state index in [9.17, 15) is 0 Å². The first kappa shape index (κ1) is 10.2. The summed E-state index contributed by atoms with van der Waals surface area (Å²) in [5, 5.41) is 0. The van der Waals surface area contributed by atoms with Crippen LogP contribution < -0.4 is 0 Å². The highest BCUT2D eigenvalue weighted by molar-refractivity contribution is 6.69. The van der Waals surface area contributed by atoms with Crippen LogP contribution in [0.5, 0.6) is 0 Å². The summed E-state index contributed by atoms with van der Waals surface area (Å²) >= 11 is 0. The van der Waals surface area contributed by atoms with Gasteiger partial charge in [-0.15, -0.1) is 0 Å². The van der Waals surface area contributed by atoms with Crippen LogP contribution in [0.1, 0.15) is 20.3 Å². The maximum Gasteiger partial charge on any atom is 0.183 e. The smallest absolute Gasteiger partial charge is 0.183 e. The maximum atomic E-state index is 5.72. The molecular weight excluding hydrogens is 140 g/mol. The Kier molecular flexibility index (Phi) is 4.21. The van der Waals surface area contributed by atoms with Gasteiger partial charge in [0.2, 0.25) is 0 Å². The average Bonchev–Trinajstić information content (AvgIpc) is 1.81. The minimum absolute atomic E-state index is 0.728. The zero-order chi connectivity index (χ0) is 8.20. The summed E-state index contributed by atoms with van der Waals surface area (Å²) in [6, 6.07) is 0. The zero-order valence-corrected chi connectivity index (χ0v) is 8.90. The number of hydrogen-bond acceptors (Lipinski definition) is 1. The van der Waals surface area contributed by atoms with E-state index in [0.29, 0.717) is 0 Å². The maximum absolute atomic E-state index is 5.72. The van der Waals surface area contributed by atoms with E-state index in [1.54, 1.807) is 0 Å². The van der Waals surface area contributed by atoms with Crippen molar-refractivity contribution in [2.45, 2.75) is 39.9 Å². The Labute approximate surface area is 65.9 Å². The van der Waals surface area contributed by atoms with Crippen LogP contribution in [-0.4, -0.2) is 14.9 Å². The molecule has 2 heteroatoms. The molecule has 0 saturated heterocycles. The fourth-order valence-electron chi connectivity index (χ4n) is 0.510. The molecule has 0 heterocycles. The van der Waals surface area contributed by atoms with Gasteiger partial charge in [-0.3, -0.25) is 0 Å². The standard InChI is InChI=1S/C8H20OSi/c1-6-8(2)7-9-10(3,4)5/h8H,6-7H2,1-5H3. The lowest BCUT2D eigenvalue weighted by molar-refractivity contribution is 0.250. The van der Waals surface area contributed by atoms with Gasteiger partial charge in [0.15, 0.2) is 8.32 Å². The molecule has 0 aliphatic rings. The highest BCUT2D eigenvalue weighted by atomic mass is 28.4. The Morgan fingerprint density at radius 3 is 2.10 bits per heavy atom. The third-order valence-corrected chi connectivity index (χ3v) is 2.53. The van der Waals surface area contributed by atoms with E-state index in [-0.39, 0.29) is 0 Å². The average molecular weight is 160 g/mol. The molecule has 62 valence electrons. The molecule has 10 heavy (non-hydrogen) atoms. The summed E-state index contributed by atoms with van der Waals surface area (Å²) in [7, 11) is -1.24. The molecule has 0 radical (unpaired) electrons. The van der Waals surface area contributed by atoms with Gasteiger partial charge in [0.05, 0.1) is 0 Å². The van der Waals surface area contributed by atoms with E-state index < -0.39 is 8.32 Å². The van der Waals surface area contributed by atoms with Gasteiger partial charge in [-0.1, -0.05) is 20.3 Å². The lowest BCUT2D eigenvalue weighted by atomic mass is 10.1. The van der Waals surface area contributed by atoms with Crippen LogP contribution in [0.2, 0.25) is 19.6 Å². The molecule has 1 unspecified atom stereocenters. The van der Waals surface area contributed by atoms with Crippen molar-refractivity contribution in [1.29, 1.82) is 0 Å². The van der Waals surface area contributed by atoms with Crippen LogP contribution in [0.25, 0.3) is 0 Å². The first-order chi connectivity index (χ1) is 4.45. The van der Waals surface area contributed by atoms with Crippen LogP contribution in [0, 0.1) is 5.92 Å². The molecule has 0 aliphatic carbocycles. The number of hydrogen-bond donors (Lipinski definition) is 0. The highest BCUT2D eigenvalue weighted by Gasteiger charge is 2.14. The molecule has 0 aromatic heterocycles. The molecule has 0 aromatic rings. The molecule has 0 aromatic carbocycles. The fraction of sp³-hybridized carbons (Fsp3) is 1.00. The summed E-state index contributed by atoms with van der Waals surface area (Å²) < 4.78 is 5.72. The Hall–Kier alpha value is 0.177. The first-order valence-electron chi connectivity index (χ1n) is 4.09. The van der Waals surface area contributed by atoms with E-state index in [2.05, 4.69) is 33.5 Å². The Balaban J connectivity index is 3.36. The van der Waals surface area contributed by atoms with Gasteiger partial charge >= 0.3 is 0 Å². The van der Waals surface area contributed by atoms with Crippen LogP contribution in [0.4, 0.5) is 0 Å². The van der Waals surface area contributed by atoms with Gasteiger partial charge in [-0.2, -0.15) is 0 Å². The van der Waals surface area contributed by atoms with Crippen molar-refractivity contribution < 1.29 is 4.43 Å². The topological polar surface area (TPSA) is 9.23 Å². The number of rotatable bonds is 4. The van der Waals surface area contributed by atoms with Crippen molar-refractivity contribution in [3.8, 4) is 0 Å². The van der Waals surface area contributed by atoms with Gasteiger partial charge < -0.3 is 4.43 Å². The van der Waals surface area contributed by atoms with Crippen molar-refractivity contribution in [1.82, 2.24) is 0 Å². The van der Waals surface area contributed by atoms with Crippen molar-refractivity contribution in [2.24, 2.45) is 5.92 Å². The van der Waals surface area contributed by atoms with Crippen LogP contribution in [0.3, 0.4) is 0 Å². The van der Waals surface area contributed by atoms with E-state index in [1.807, 2.05) is 0 Å². The third kappa shape index (κ3) is 6.30. The molecule has 0 fully saturated rings. The summed E-state index contributed by atoms with van der Waals surface area (Å²) in [5.41, 5.74) is 0. The van der Waals surface area contributed by atoms with Gasteiger partial charge in [-0.05, 0) is 25.6 Å². The van der Waals surface area contributed by atoms with Crippen molar-refractivity contribution in [3.63, 3.8) is 0 Å². The molecule has 0 aliphatic heterocycles. The molecule has 0 rings (SSSR count). The molecule has 0 amide bonds. The van der Waals surface area contributed by atoms with Crippen molar-refractivity contribution >= 4 is 8.32 Å². The van der Waals surface area contributed by atoms with Gasteiger partial charge in [-0.25, -0.2) is 0 Å². The SMILES string of the molecule is CCC(C)CO[Si](C)(C)C. The normalized spacial score (nSPS) is 15.3. The van der Waals surface area contributed by atoms with Gasteiger partial charge in [0, 0.05) is 6.61 Å². The van der Waals surface area contributed by atoms with Crippen molar-refractivity contribution in [3.05, 3.63) is 0 Å². The molecular formula is C8H20OSi. The molecule has 0 bridgehead atoms. The van der Waals surface area contributed by atoms with E-state index in [1.165, 1.54) is 6.42 Å². The minimum Gasteiger partial charge on any atom is -0.417 e. The summed E-state index contributed by atoms with van der Waals surface area (Å²) in [5.74, 6) is 0.728. The molecule has 1 atom stereocenters. The predicted octanol–water partition coefficient (Wildman–Crippen LogP) is 2.88. The lowest BCUT2D eigenvalue weighted by Gasteiger charge is -2.19. The largest absolute Gasteiger partial charge is 0.417 e. The molecule has 0 N–H and O–H groups in total. The van der Waals surface area contributed by atoms with Crippen LogP contribution in [-0.2, 0) is 4.43 Å². The Morgan fingerprint density at radius 1 is 1.30 bits per heavy atom. The van der Waals surface area contributed by atoms with E-state index in [4.69, 9.17) is 4.43 Å². The zero-order valence-electron chi connectivity index (χ0n) is 7.90. The molecule has 0 spiro atoms. The quantitative estimate of drug-likeness (QED) is 0.575. The van der Waals surface area contributed by atoms with E-state index in [0.717, 1.165) is 12.5 Å². The lowest BCUT2D eigenvalue weighted by Crippen LogP contribution is -2.27. The predicted molar refractivity (Wildman–Crippen MR) is 48.8 cm³/mol. The second kappa shape index (κ2) is 4.14. The van der Waals surface area contributed by atoms with E-state index >= 15 is 0 Å². The molecule has 0 saturated carbocycles. The third-order valence-electron chi connectivity index (χ3n) is 1.50. The van der Waals surface area contributed by atoms with Gasteiger partial charge in [0.25, 0.3) is 0 Å². The fourth-order valence-corrected chi connectivity index (χ4v) is 1.29. The highest BCUT2D eigenvalue weighted by Crippen LogP contribution is 2.07. The summed E-state index contributed by atoms with van der Waals surface area (Å²) in [6.45, 7) is 12.1. The Bertz CT molecular complexity index is 85.7. The second-order valence-corrected chi connectivity index (χ2v) is 8.45. The Morgan fingerprint density at radius 2 is 1.80 bits per heavy atom. The van der Waals surface area contributed by atoms with Crippen LogP contribution >= 0.6 is 0 Å². The second-order valence-electron chi connectivity index (χ2n) is 3.94. The summed E-state index contributed by atoms with van der Waals surface area (Å²) in [6.07, 6.45) is 1.23. The van der Waals surface area contributed by atoms with Crippen LogP contribution in [0.15, 0.2) is 0 Å². The first-order valence-corrected chi connectivity index (χ1v) is 7.50. The monoisotopic (exact) mass is 160 g/mol. The van der Waals surface area contributed by atoms with Crippen molar-refractivity contribution in [2.75, 3.05) is 6.61 Å². The van der Waals surface area contributed by atoms with Gasteiger partial charge in [0.1, 0.15) is 0 Å².